The first kappa shape index (κ1) is 20.6. The Labute approximate surface area is 167 Å². The van der Waals surface area contributed by atoms with E-state index in [0.29, 0.717) is 30.8 Å². The molecule has 6 heteroatoms. The second-order valence-corrected chi connectivity index (χ2v) is 9.39. The van der Waals surface area contributed by atoms with Crippen molar-refractivity contribution in [3.05, 3.63) is 59.2 Å². The van der Waals surface area contributed by atoms with Gasteiger partial charge in [0.1, 0.15) is 0 Å². The first-order valence-corrected chi connectivity index (χ1v) is 11.2. The number of amides is 1. The number of aryl methyl sites for hydroxylation is 3. The normalized spacial score (nSPS) is 16.1. The molecule has 0 saturated carbocycles. The molecule has 5 nitrogen and oxygen atoms in total. The molecule has 1 saturated heterocycles. The van der Waals surface area contributed by atoms with Gasteiger partial charge < -0.3 is 5.32 Å². The van der Waals surface area contributed by atoms with Gasteiger partial charge in [-0.25, -0.2) is 8.42 Å². The zero-order valence-corrected chi connectivity index (χ0v) is 17.6. The van der Waals surface area contributed by atoms with E-state index in [4.69, 9.17) is 0 Å². The lowest BCUT2D eigenvalue weighted by atomic mass is 9.97. The number of benzene rings is 2. The predicted octanol–water partition coefficient (Wildman–Crippen LogP) is 3.91. The number of rotatable bonds is 5. The van der Waals surface area contributed by atoms with Crippen LogP contribution in [0, 0.1) is 19.8 Å². The summed E-state index contributed by atoms with van der Waals surface area (Å²) >= 11 is 0. The summed E-state index contributed by atoms with van der Waals surface area (Å²) in [5.41, 5.74) is 3.81. The van der Waals surface area contributed by atoms with Gasteiger partial charge in [0.05, 0.1) is 4.90 Å². The van der Waals surface area contributed by atoms with Crippen molar-refractivity contribution in [3.8, 4) is 0 Å². The monoisotopic (exact) mass is 400 g/mol. The zero-order chi connectivity index (χ0) is 20.3. The number of nitrogens with zero attached hydrogens (tertiary/aromatic N) is 1. The molecular weight excluding hydrogens is 372 g/mol. The summed E-state index contributed by atoms with van der Waals surface area (Å²) in [7, 11) is -3.52. The Morgan fingerprint density at radius 3 is 2.29 bits per heavy atom. The highest BCUT2D eigenvalue weighted by Gasteiger charge is 2.32. The Balaban J connectivity index is 1.62. The number of hydrogen-bond donors (Lipinski definition) is 1. The quantitative estimate of drug-likeness (QED) is 0.828. The molecule has 1 aliphatic rings. The summed E-state index contributed by atoms with van der Waals surface area (Å²) < 4.78 is 27.4. The molecule has 1 N–H and O–H groups in total. The maximum absolute atomic E-state index is 13.0. The van der Waals surface area contributed by atoms with Gasteiger partial charge in [0.25, 0.3) is 0 Å². The lowest BCUT2D eigenvalue weighted by molar-refractivity contribution is -0.120. The molecule has 0 spiro atoms. The van der Waals surface area contributed by atoms with Gasteiger partial charge in [0.2, 0.25) is 15.9 Å². The van der Waals surface area contributed by atoms with Crippen LogP contribution in [0.1, 0.15) is 36.5 Å². The third kappa shape index (κ3) is 4.45. The minimum Gasteiger partial charge on any atom is -0.326 e. The predicted molar refractivity (Wildman–Crippen MR) is 112 cm³/mol. The van der Waals surface area contributed by atoms with Crippen molar-refractivity contribution in [2.45, 2.75) is 44.9 Å². The van der Waals surface area contributed by atoms with Crippen LogP contribution in [0.3, 0.4) is 0 Å². The summed E-state index contributed by atoms with van der Waals surface area (Å²) in [4.78, 5) is 12.9. The second kappa shape index (κ2) is 8.45. The highest BCUT2D eigenvalue weighted by Crippen LogP contribution is 2.27. The van der Waals surface area contributed by atoms with Gasteiger partial charge >= 0.3 is 0 Å². The molecule has 0 aliphatic carbocycles. The number of piperidine rings is 1. The molecule has 150 valence electrons. The smallest absolute Gasteiger partial charge is 0.243 e. The van der Waals surface area contributed by atoms with E-state index in [1.165, 1.54) is 9.87 Å². The fraction of sp³-hybridized carbons (Fsp3) is 0.409. The number of anilines is 1. The standard InChI is InChI=1S/C22H28N2O3S/c1-4-18-6-8-20(9-7-18)23-22(25)19-11-13-24(14-12-19)28(26,27)21-10-5-16(2)15-17(21)3/h5-10,15,19H,4,11-14H2,1-3H3,(H,23,25). The molecule has 2 aromatic carbocycles. The minimum absolute atomic E-state index is 0.0344. The zero-order valence-electron chi connectivity index (χ0n) is 16.7. The molecule has 1 aliphatic heterocycles. The van der Waals surface area contributed by atoms with Crippen molar-refractivity contribution in [2.24, 2.45) is 5.92 Å². The van der Waals surface area contributed by atoms with Crippen molar-refractivity contribution in [2.75, 3.05) is 18.4 Å². The molecule has 1 fully saturated rings. The molecular formula is C22H28N2O3S. The van der Waals surface area contributed by atoms with E-state index in [0.717, 1.165) is 23.2 Å². The second-order valence-electron chi connectivity index (χ2n) is 7.49. The van der Waals surface area contributed by atoms with Gasteiger partial charge in [-0.05, 0) is 62.4 Å². The Hall–Kier alpha value is -2.18. The Morgan fingerprint density at radius 2 is 1.71 bits per heavy atom. The van der Waals surface area contributed by atoms with Crippen LogP contribution in [0.25, 0.3) is 0 Å². The summed E-state index contributed by atoms with van der Waals surface area (Å²) in [5.74, 6) is -0.204. The third-order valence-corrected chi connectivity index (χ3v) is 7.46. The van der Waals surface area contributed by atoms with Gasteiger partial charge in [0, 0.05) is 24.7 Å². The molecule has 0 radical (unpaired) electrons. The van der Waals surface area contributed by atoms with Crippen LogP contribution in [0.4, 0.5) is 5.69 Å². The number of nitrogens with one attached hydrogen (secondary N) is 1. The van der Waals surface area contributed by atoms with Gasteiger partial charge in [-0.1, -0.05) is 36.8 Å². The molecule has 0 bridgehead atoms. The highest BCUT2D eigenvalue weighted by molar-refractivity contribution is 7.89. The van der Waals surface area contributed by atoms with E-state index in [1.54, 1.807) is 6.07 Å². The summed E-state index contributed by atoms with van der Waals surface area (Å²) in [5, 5.41) is 2.96. The van der Waals surface area contributed by atoms with E-state index < -0.39 is 10.0 Å². The van der Waals surface area contributed by atoms with Crippen LogP contribution in [-0.4, -0.2) is 31.7 Å². The van der Waals surface area contributed by atoms with Crippen LogP contribution in [0.15, 0.2) is 47.4 Å². The first-order chi connectivity index (χ1) is 13.3. The van der Waals surface area contributed by atoms with Crippen LogP contribution in [-0.2, 0) is 21.2 Å². The molecule has 0 aromatic heterocycles. The van der Waals surface area contributed by atoms with Crippen LogP contribution < -0.4 is 5.32 Å². The number of sulfonamides is 1. The van der Waals surface area contributed by atoms with E-state index >= 15 is 0 Å². The highest BCUT2D eigenvalue weighted by atomic mass is 32.2. The largest absolute Gasteiger partial charge is 0.326 e. The van der Waals surface area contributed by atoms with E-state index in [-0.39, 0.29) is 11.8 Å². The minimum atomic E-state index is -3.52. The molecule has 1 amide bonds. The van der Waals surface area contributed by atoms with Gasteiger partial charge in [-0.2, -0.15) is 4.31 Å². The van der Waals surface area contributed by atoms with E-state index in [1.807, 2.05) is 50.2 Å². The van der Waals surface area contributed by atoms with E-state index in [9.17, 15) is 13.2 Å². The lowest BCUT2D eigenvalue weighted by Crippen LogP contribution is -2.41. The van der Waals surface area contributed by atoms with Crippen LogP contribution in [0.2, 0.25) is 0 Å². The van der Waals surface area contributed by atoms with Gasteiger partial charge in [0.15, 0.2) is 0 Å². The molecule has 1 heterocycles. The van der Waals surface area contributed by atoms with Crippen molar-refractivity contribution in [1.82, 2.24) is 4.31 Å². The average molecular weight is 401 g/mol. The van der Waals surface area contributed by atoms with Crippen molar-refractivity contribution in [3.63, 3.8) is 0 Å². The number of carbonyl (C=O) groups excluding carboxylic acids is 1. The molecule has 28 heavy (non-hydrogen) atoms. The topological polar surface area (TPSA) is 66.5 Å². The fourth-order valence-corrected chi connectivity index (χ4v) is 5.33. The lowest BCUT2D eigenvalue weighted by Gasteiger charge is -2.31. The molecule has 0 unspecified atom stereocenters. The fourth-order valence-electron chi connectivity index (χ4n) is 3.65. The summed E-state index contributed by atoms with van der Waals surface area (Å²) in [6.45, 7) is 6.59. The SMILES string of the molecule is CCc1ccc(NC(=O)C2CCN(S(=O)(=O)c3ccc(C)cc3C)CC2)cc1. The summed E-state index contributed by atoms with van der Waals surface area (Å²) in [6.07, 6.45) is 2.02. The third-order valence-electron chi connectivity index (χ3n) is 5.40. The summed E-state index contributed by atoms with van der Waals surface area (Å²) in [6, 6.07) is 13.2. The maximum atomic E-state index is 13.0. The maximum Gasteiger partial charge on any atom is 0.243 e. The van der Waals surface area contributed by atoms with Gasteiger partial charge in [-0.3, -0.25) is 4.79 Å². The number of carbonyl (C=O) groups is 1. The average Bonchev–Trinajstić information content (AvgIpc) is 2.68. The molecule has 3 rings (SSSR count). The van der Waals surface area contributed by atoms with Crippen LogP contribution >= 0.6 is 0 Å². The van der Waals surface area contributed by atoms with Crippen molar-refractivity contribution < 1.29 is 13.2 Å². The number of hydrogen-bond acceptors (Lipinski definition) is 3. The molecule has 0 atom stereocenters. The Morgan fingerprint density at radius 1 is 1.07 bits per heavy atom. The van der Waals surface area contributed by atoms with Crippen molar-refractivity contribution >= 4 is 21.6 Å². The Kier molecular flexibility index (Phi) is 6.20. The molecule has 2 aromatic rings. The Bertz CT molecular complexity index is 944. The van der Waals surface area contributed by atoms with Gasteiger partial charge in [-0.15, -0.1) is 0 Å². The van der Waals surface area contributed by atoms with E-state index in [2.05, 4.69) is 12.2 Å². The van der Waals surface area contributed by atoms with Crippen molar-refractivity contribution in [1.29, 1.82) is 0 Å². The van der Waals surface area contributed by atoms with Crippen LogP contribution in [0.5, 0.6) is 0 Å². The first-order valence-electron chi connectivity index (χ1n) is 9.78.